The van der Waals surface area contributed by atoms with Crippen LogP contribution in [0.5, 0.6) is 0 Å². The SMILES string of the molecule is C[C@H](NC(=O)c1cnc(C#N)c(-c2cc(F)cc(Cl)c2)c1N1C[C@@H](N)[C@H](F)C1)C1CC1. The third kappa shape index (κ3) is 4.34. The lowest BCUT2D eigenvalue weighted by Gasteiger charge is -2.26. The van der Waals surface area contributed by atoms with Crippen molar-refractivity contribution in [3.63, 3.8) is 0 Å². The van der Waals surface area contributed by atoms with Gasteiger partial charge in [0.05, 0.1) is 23.8 Å². The highest BCUT2D eigenvalue weighted by Crippen LogP contribution is 2.39. The average Bonchev–Trinajstić information content (AvgIpc) is 3.51. The van der Waals surface area contributed by atoms with Gasteiger partial charge in [0.2, 0.25) is 0 Å². The van der Waals surface area contributed by atoms with Crippen molar-refractivity contribution < 1.29 is 13.6 Å². The first kappa shape index (κ1) is 21.5. The van der Waals surface area contributed by atoms with Crippen LogP contribution >= 0.6 is 11.6 Å². The van der Waals surface area contributed by atoms with Crippen LogP contribution in [0.4, 0.5) is 14.5 Å². The average molecular weight is 446 g/mol. The van der Waals surface area contributed by atoms with Gasteiger partial charge in [-0.15, -0.1) is 0 Å². The number of halogens is 3. The van der Waals surface area contributed by atoms with Gasteiger partial charge in [-0.1, -0.05) is 11.6 Å². The van der Waals surface area contributed by atoms with Crippen LogP contribution in [0.1, 0.15) is 35.8 Å². The van der Waals surface area contributed by atoms with E-state index < -0.39 is 18.0 Å². The van der Waals surface area contributed by atoms with Crippen molar-refractivity contribution >= 4 is 23.2 Å². The van der Waals surface area contributed by atoms with Gasteiger partial charge in [0.1, 0.15) is 23.8 Å². The summed E-state index contributed by atoms with van der Waals surface area (Å²) >= 11 is 6.05. The molecule has 0 radical (unpaired) electrons. The second-order valence-corrected chi connectivity index (χ2v) is 8.63. The van der Waals surface area contributed by atoms with Crippen molar-refractivity contribution in [3.8, 4) is 17.2 Å². The molecule has 1 amide bonds. The molecule has 4 rings (SSSR count). The van der Waals surface area contributed by atoms with E-state index in [-0.39, 0.29) is 52.4 Å². The Morgan fingerprint density at radius 2 is 2.13 bits per heavy atom. The molecule has 1 saturated carbocycles. The Kier molecular flexibility index (Phi) is 5.82. The summed E-state index contributed by atoms with van der Waals surface area (Å²) in [5.74, 6) is -0.558. The molecule has 2 aromatic rings. The van der Waals surface area contributed by atoms with Gasteiger partial charge in [0.25, 0.3) is 5.91 Å². The summed E-state index contributed by atoms with van der Waals surface area (Å²) in [7, 11) is 0. The normalized spacial score (nSPS) is 21.6. The zero-order valence-corrected chi connectivity index (χ0v) is 17.7. The quantitative estimate of drug-likeness (QED) is 0.735. The number of hydrogen-bond donors (Lipinski definition) is 2. The van der Waals surface area contributed by atoms with Gasteiger partial charge in [0, 0.05) is 29.4 Å². The maximum atomic E-state index is 14.3. The zero-order chi connectivity index (χ0) is 22.3. The van der Waals surface area contributed by atoms with E-state index in [1.807, 2.05) is 13.0 Å². The molecular weight excluding hydrogens is 424 g/mol. The van der Waals surface area contributed by atoms with Gasteiger partial charge in [-0.25, -0.2) is 13.8 Å². The van der Waals surface area contributed by atoms with Crippen molar-refractivity contribution in [2.75, 3.05) is 18.0 Å². The third-order valence-corrected chi connectivity index (χ3v) is 6.07. The molecule has 1 aromatic carbocycles. The molecule has 3 N–H and O–H groups in total. The molecule has 1 aromatic heterocycles. The van der Waals surface area contributed by atoms with Crippen molar-refractivity contribution in [2.45, 2.75) is 38.0 Å². The lowest BCUT2D eigenvalue weighted by atomic mass is 9.97. The highest BCUT2D eigenvalue weighted by atomic mass is 35.5. The largest absolute Gasteiger partial charge is 0.366 e. The second-order valence-electron chi connectivity index (χ2n) is 8.20. The number of nitrogens with two attached hydrogens (primary N) is 1. The number of aromatic nitrogens is 1. The number of carbonyl (C=O) groups excluding carboxylic acids is 1. The molecule has 162 valence electrons. The van der Waals surface area contributed by atoms with E-state index in [9.17, 15) is 18.8 Å². The Bertz CT molecular complexity index is 1040. The Balaban J connectivity index is 1.89. The monoisotopic (exact) mass is 445 g/mol. The van der Waals surface area contributed by atoms with Crippen LogP contribution in [0.25, 0.3) is 11.1 Å². The predicted molar refractivity (Wildman–Crippen MR) is 114 cm³/mol. The number of hydrogen-bond acceptors (Lipinski definition) is 5. The molecule has 9 heteroatoms. The number of rotatable bonds is 5. The van der Waals surface area contributed by atoms with Crippen LogP contribution in [0, 0.1) is 23.1 Å². The number of nitrogens with one attached hydrogen (secondary N) is 1. The van der Waals surface area contributed by atoms with Crippen molar-refractivity contribution in [1.82, 2.24) is 10.3 Å². The van der Waals surface area contributed by atoms with Crippen LogP contribution < -0.4 is 16.0 Å². The lowest BCUT2D eigenvalue weighted by molar-refractivity contribution is 0.0936. The number of amides is 1. The predicted octanol–water partition coefficient (Wildman–Crippen LogP) is 3.43. The molecule has 6 nitrogen and oxygen atoms in total. The van der Waals surface area contributed by atoms with E-state index in [0.29, 0.717) is 11.6 Å². The van der Waals surface area contributed by atoms with Crippen LogP contribution in [0.2, 0.25) is 5.02 Å². The fraction of sp³-hybridized carbons (Fsp3) is 0.409. The van der Waals surface area contributed by atoms with Gasteiger partial charge < -0.3 is 16.0 Å². The molecule has 31 heavy (non-hydrogen) atoms. The fourth-order valence-electron chi connectivity index (χ4n) is 4.02. The van der Waals surface area contributed by atoms with Crippen LogP contribution in [-0.4, -0.2) is 42.2 Å². The maximum Gasteiger partial charge on any atom is 0.255 e. The summed E-state index contributed by atoms with van der Waals surface area (Å²) in [6, 6.07) is 5.06. The van der Waals surface area contributed by atoms with E-state index >= 15 is 0 Å². The molecule has 2 aliphatic rings. The highest BCUT2D eigenvalue weighted by Gasteiger charge is 2.36. The Hall–Kier alpha value is -2.76. The summed E-state index contributed by atoms with van der Waals surface area (Å²) in [6.45, 7) is 2.03. The number of nitriles is 1. The molecule has 0 bridgehead atoms. The van der Waals surface area contributed by atoms with Gasteiger partial charge >= 0.3 is 0 Å². The molecule has 2 heterocycles. The number of anilines is 1. The first-order valence-electron chi connectivity index (χ1n) is 10.1. The molecule has 2 fully saturated rings. The van der Waals surface area contributed by atoms with E-state index in [0.717, 1.165) is 18.9 Å². The van der Waals surface area contributed by atoms with Gasteiger partial charge in [-0.3, -0.25) is 4.79 Å². The van der Waals surface area contributed by atoms with Crippen LogP contribution in [0.15, 0.2) is 24.4 Å². The standard InChI is InChI=1S/C22H22ClF2N5O/c1-11(12-2-3-12)29-22(31)16-8-28-19(7-26)20(13-4-14(23)6-15(24)5-13)21(16)30-9-17(25)18(27)10-30/h4-6,8,11-12,17-18H,2-3,9-10,27H2,1H3,(H,29,31)/t11-,17+,18+/m0/s1. The Labute approximate surface area is 184 Å². The molecule has 1 aliphatic heterocycles. The van der Waals surface area contributed by atoms with E-state index in [4.69, 9.17) is 17.3 Å². The van der Waals surface area contributed by atoms with Gasteiger partial charge in [0.15, 0.2) is 0 Å². The van der Waals surface area contributed by atoms with Gasteiger partial charge in [-0.05, 0) is 49.4 Å². The fourth-order valence-corrected chi connectivity index (χ4v) is 4.24. The van der Waals surface area contributed by atoms with Crippen molar-refractivity contribution in [2.24, 2.45) is 11.7 Å². The second kappa shape index (κ2) is 8.40. The minimum atomic E-state index is -1.30. The molecule has 1 saturated heterocycles. The summed E-state index contributed by atoms with van der Waals surface area (Å²) in [4.78, 5) is 18.9. The number of nitrogens with zero attached hydrogens (tertiary/aromatic N) is 3. The third-order valence-electron chi connectivity index (χ3n) is 5.85. The molecule has 3 atom stereocenters. The van der Waals surface area contributed by atoms with Gasteiger partial charge in [-0.2, -0.15) is 5.26 Å². The molecule has 1 aliphatic carbocycles. The van der Waals surface area contributed by atoms with Crippen molar-refractivity contribution in [1.29, 1.82) is 5.26 Å². The summed E-state index contributed by atoms with van der Waals surface area (Å²) in [5, 5.41) is 12.8. The first-order valence-corrected chi connectivity index (χ1v) is 10.5. The summed E-state index contributed by atoms with van der Waals surface area (Å²) < 4.78 is 28.5. The zero-order valence-electron chi connectivity index (χ0n) is 16.9. The molecule has 0 spiro atoms. The number of pyridine rings is 1. The Morgan fingerprint density at radius 1 is 1.39 bits per heavy atom. The summed E-state index contributed by atoms with van der Waals surface area (Å²) in [6.07, 6.45) is 2.11. The molecule has 0 unspecified atom stereocenters. The van der Waals surface area contributed by atoms with E-state index in [1.165, 1.54) is 18.3 Å². The topological polar surface area (TPSA) is 95.0 Å². The van der Waals surface area contributed by atoms with Crippen LogP contribution in [-0.2, 0) is 0 Å². The molecular formula is C22H22ClF2N5O. The van der Waals surface area contributed by atoms with Crippen molar-refractivity contribution in [3.05, 3.63) is 46.5 Å². The highest BCUT2D eigenvalue weighted by molar-refractivity contribution is 6.31. The minimum absolute atomic E-state index is 0.0145. The maximum absolute atomic E-state index is 14.3. The number of carbonyl (C=O) groups is 1. The lowest BCUT2D eigenvalue weighted by Crippen LogP contribution is -2.36. The van der Waals surface area contributed by atoms with E-state index in [1.54, 1.807) is 4.90 Å². The van der Waals surface area contributed by atoms with E-state index in [2.05, 4.69) is 10.3 Å². The smallest absolute Gasteiger partial charge is 0.255 e. The first-order chi connectivity index (χ1) is 14.8. The minimum Gasteiger partial charge on any atom is -0.366 e. The van der Waals surface area contributed by atoms with Crippen LogP contribution in [0.3, 0.4) is 0 Å². The summed E-state index contributed by atoms with van der Waals surface area (Å²) in [5.41, 5.74) is 6.88. The Morgan fingerprint density at radius 3 is 2.71 bits per heavy atom. The number of alkyl halides is 1. The number of benzene rings is 1.